The predicted molar refractivity (Wildman–Crippen MR) is 148 cm³/mol. The minimum atomic E-state index is -3.75. The summed E-state index contributed by atoms with van der Waals surface area (Å²) in [4.78, 5) is 28.1. The average Bonchev–Trinajstić information content (AvgIpc) is 2.81. The van der Waals surface area contributed by atoms with Crippen LogP contribution < -0.4 is 9.62 Å². The number of nitrogens with one attached hydrogen (secondary N) is 1. The Morgan fingerprint density at radius 1 is 1.11 bits per heavy atom. The third-order valence-electron chi connectivity index (χ3n) is 6.15. The lowest BCUT2D eigenvalue weighted by Crippen LogP contribution is -2.52. The number of hydrogen-bond donors (Lipinski definition) is 1. The van der Waals surface area contributed by atoms with Crippen LogP contribution in [0.1, 0.15) is 44.6 Å². The lowest BCUT2D eigenvalue weighted by molar-refractivity contribution is -0.139. The number of sulfonamides is 1. The Morgan fingerprint density at radius 2 is 1.77 bits per heavy atom. The van der Waals surface area contributed by atoms with E-state index >= 15 is 0 Å². The van der Waals surface area contributed by atoms with Crippen molar-refractivity contribution >= 4 is 61.7 Å². The van der Waals surface area contributed by atoms with E-state index in [0.717, 1.165) is 45.4 Å². The number of amides is 2. The molecule has 1 N–H and O–H groups in total. The zero-order valence-electron chi connectivity index (χ0n) is 19.9. The molecule has 1 unspecified atom stereocenters. The van der Waals surface area contributed by atoms with Crippen LogP contribution in [0.25, 0.3) is 0 Å². The molecule has 0 saturated heterocycles. The van der Waals surface area contributed by atoms with Crippen LogP contribution >= 0.6 is 34.2 Å². The summed E-state index contributed by atoms with van der Waals surface area (Å²) in [7, 11) is -3.75. The second-order valence-corrected chi connectivity index (χ2v) is 12.5. The van der Waals surface area contributed by atoms with E-state index in [1.54, 1.807) is 49.4 Å². The molecule has 1 fully saturated rings. The summed E-state index contributed by atoms with van der Waals surface area (Å²) in [6.07, 6.45) is 6.23. The quantitative estimate of drug-likeness (QED) is 0.411. The molecule has 1 atom stereocenters. The maximum Gasteiger partial charge on any atom is 0.244 e. The number of halogens is 2. The van der Waals surface area contributed by atoms with Crippen molar-refractivity contribution < 1.29 is 18.0 Å². The number of carbonyl (C=O) groups excluding carboxylic acids is 2. The van der Waals surface area contributed by atoms with Gasteiger partial charge in [0.1, 0.15) is 12.6 Å². The van der Waals surface area contributed by atoms with Gasteiger partial charge < -0.3 is 10.2 Å². The predicted octanol–water partition coefficient (Wildman–Crippen LogP) is 4.58. The van der Waals surface area contributed by atoms with Gasteiger partial charge in [-0.1, -0.05) is 43.0 Å². The fourth-order valence-corrected chi connectivity index (χ4v) is 5.63. The first-order valence-corrected chi connectivity index (χ1v) is 14.9. The van der Waals surface area contributed by atoms with Gasteiger partial charge in [0.25, 0.3) is 0 Å². The fourth-order valence-electron chi connectivity index (χ4n) is 4.20. The maximum absolute atomic E-state index is 13.6. The number of rotatable bonds is 9. The number of anilines is 1. The summed E-state index contributed by atoms with van der Waals surface area (Å²) >= 11 is 8.28. The third kappa shape index (κ3) is 8.08. The molecule has 0 radical (unpaired) electrons. The lowest BCUT2D eigenvalue weighted by atomic mass is 9.95. The van der Waals surface area contributed by atoms with Crippen molar-refractivity contribution in [1.82, 2.24) is 10.2 Å². The molecule has 10 heteroatoms. The van der Waals surface area contributed by atoms with Gasteiger partial charge in [-0.15, -0.1) is 0 Å². The van der Waals surface area contributed by atoms with Gasteiger partial charge in [0.2, 0.25) is 21.8 Å². The standard InChI is InChI=1S/C25H31ClIN3O4S/c1-18(25(32)28-22-9-4-3-5-10-22)29(16-19-7-6-8-20(26)15-19)24(31)17-30(35(2,33)34)23-13-11-21(27)12-14-23/h6-8,11-15,18,22H,3-5,9-10,16-17H2,1-2H3,(H,28,32). The minimum Gasteiger partial charge on any atom is -0.352 e. The smallest absolute Gasteiger partial charge is 0.244 e. The molecule has 0 heterocycles. The van der Waals surface area contributed by atoms with Crippen molar-refractivity contribution in [2.45, 2.75) is 57.7 Å². The first-order valence-electron chi connectivity index (χ1n) is 11.6. The number of hydrogen-bond acceptors (Lipinski definition) is 4. The van der Waals surface area contributed by atoms with E-state index in [2.05, 4.69) is 27.9 Å². The number of carbonyl (C=O) groups is 2. The maximum atomic E-state index is 13.6. The van der Waals surface area contributed by atoms with E-state index in [-0.39, 0.29) is 18.5 Å². The average molecular weight is 632 g/mol. The highest BCUT2D eigenvalue weighted by atomic mass is 127. The molecule has 2 aromatic carbocycles. The first-order chi connectivity index (χ1) is 16.5. The van der Waals surface area contributed by atoms with Crippen LogP contribution in [0.2, 0.25) is 5.02 Å². The van der Waals surface area contributed by atoms with E-state index in [0.29, 0.717) is 10.7 Å². The van der Waals surface area contributed by atoms with E-state index in [9.17, 15) is 18.0 Å². The molecular formula is C25H31ClIN3O4S. The minimum absolute atomic E-state index is 0.0983. The molecule has 2 aromatic rings. The largest absolute Gasteiger partial charge is 0.352 e. The second-order valence-electron chi connectivity index (χ2n) is 8.92. The Bertz CT molecular complexity index is 1140. The van der Waals surface area contributed by atoms with Crippen LogP contribution in [0.15, 0.2) is 48.5 Å². The molecule has 190 valence electrons. The van der Waals surface area contributed by atoms with E-state index in [1.165, 1.54) is 11.3 Å². The van der Waals surface area contributed by atoms with Gasteiger partial charge in [-0.3, -0.25) is 13.9 Å². The molecule has 0 aliphatic heterocycles. The molecule has 1 aliphatic carbocycles. The Kier molecular flexibility index (Phi) is 9.83. The topological polar surface area (TPSA) is 86.8 Å². The van der Waals surface area contributed by atoms with Gasteiger partial charge in [0, 0.05) is 21.2 Å². The van der Waals surface area contributed by atoms with E-state index in [4.69, 9.17) is 11.6 Å². The van der Waals surface area contributed by atoms with Crippen LogP contribution in [0.5, 0.6) is 0 Å². The van der Waals surface area contributed by atoms with Gasteiger partial charge in [0.05, 0.1) is 11.9 Å². The highest BCUT2D eigenvalue weighted by Crippen LogP contribution is 2.22. The zero-order chi connectivity index (χ0) is 25.6. The second kappa shape index (κ2) is 12.4. The van der Waals surface area contributed by atoms with Crippen LogP contribution in [-0.2, 0) is 26.2 Å². The number of nitrogens with zero attached hydrogens (tertiary/aromatic N) is 2. The Balaban J connectivity index is 1.86. The van der Waals surface area contributed by atoms with Crippen molar-refractivity contribution in [2.75, 3.05) is 17.1 Å². The summed E-state index contributed by atoms with van der Waals surface area (Å²) in [6, 6.07) is 13.3. The summed E-state index contributed by atoms with van der Waals surface area (Å²) in [5, 5.41) is 3.60. The molecule has 1 aliphatic rings. The highest BCUT2D eigenvalue weighted by Gasteiger charge is 2.31. The monoisotopic (exact) mass is 631 g/mol. The van der Waals surface area contributed by atoms with Crippen molar-refractivity contribution in [1.29, 1.82) is 0 Å². The van der Waals surface area contributed by atoms with Gasteiger partial charge in [-0.25, -0.2) is 8.42 Å². The SMILES string of the molecule is CC(C(=O)NC1CCCCC1)N(Cc1cccc(Cl)c1)C(=O)CN(c1ccc(I)cc1)S(C)(=O)=O. The molecule has 0 bridgehead atoms. The van der Waals surface area contributed by atoms with E-state index < -0.39 is 28.5 Å². The normalized spacial score (nSPS) is 15.3. The number of benzene rings is 2. The van der Waals surface area contributed by atoms with Gasteiger partial charge in [0.15, 0.2) is 0 Å². The van der Waals surface area contributed by atoms with Crippen LogP contribution in [-0.4, -0.2) is 50.0 Å². The molecule has 0 aromatic heterocycles. The summed E-state index contributed by atoms with van der Waals surface area (Å²) < 4.78 is 27.2. The van der Waals surface area contributed by atoms with Crippen LogP contribution in [0.3, 0.4) is 0 Å². The molecule has 7 nitrogen and oxygen atoms in total. The summed E-state index contributed by atoms with van der Waals surface area (Å²) in [5.74, 6) is -0.715. The molecule has 0 spiro atoms. The van der Waals surface area contributed by atoms with Crippen molar-refractivity contribution in [3.8, 4) is 0 Å². The molecule has 35 heavy (non-hydrogen) atoms. The molecular weight excluding hydrogens is 601 g/mol. The zero-order valence-corrected chi connectivity index (χ0v) is 23.6. The Labute approximate surface area is 226 Å². The van der Waals surface area contributed by atoms with Crippen molar-refractivity contribution in [3.05, 3.63) is 62.7 Å². The molecule has 2 amide bonds. The molecule has 3 rings (SSSR count). The lowest BCUT2D eigenvalue weighted by Gasteiger charge is -2.33. The third-order valence-corrected chi connectivity index (χ3v) is 8.25. The van der Waals surface area contributed by atoms with Crippen molar-refractivity contribution in [3.63, 3.8) is 0 Å². The summed E-state index contributed by atoms with van der Waals surface area (Å²) in [6.45, 7) is 1.39. The first kappa shape index (κ1) is 27.7. The highest BCUT2D eigenvalue weighted by molar-refractivity contribution is 14.1. The van der Waals surface area contributed by atoms with E-state index in [1.807, 2.05) is 6.07 Å². The summed E-state index contributed by atoms with van der Waals surface area (Å²) in [5.41, 5.74) is 1.15. The fraction of sp³-hybridized carbons (Fsp3) is 0.440. The van der Waals surface area contributed by atoms with Gasteiger partial charge in [-0.05, 0) is 84.3 Å². The van der Waals surface area contributed by atoms with Gasteiger partial charge in [-0.2, -0.15) is 0 Å². The van der Waals surface area contributed by atoms with Crippen LogP contribution in [0, 0.1) is 3.57 Å². The van der Waals surface area contributed by atoms with Gasteiger partial charge >= 0.3 is 0 Å². The Morgan fingerprint density at radius 3 is 2.37 bits per heavy atom. The molecule has 1 saturated carbocycles. The van der Waals surface area contributed by atoms with Crippen LogP contribution in [0.4, 0.5) is 5.69 Å². The Hall–Kier alpha value is -1.85. The van der Waals surface area contributed by atoms with Crippen molar-refractivity contribution in [2.24, 2.45) is 0 Å².